The van der Waals surface area contributed by atoms with Crippen LogP contribution in [-0.4, -0.2) is 69.4 Å². The number of quaternary nitrogens is 1. The second-order valence-corrected chi connectivity index (χ2v) is 25.4. The molecule has 3 atom stereocenters. The summed E-state index contributed by atoms with van der Waals surface area (Å²) in [5, 5.41) is 3.03. The van der Waals surface area contributed by atoms with Gasteiger partial charge >= 0.3 is 5.97 Å². The van der Waals surface area contributed by atoms with Crippen LogP contribution in [0.3, 0.4) is 0 Å². The van der Waals surface area contributed by atoms with E-state index in [1.807, 2.05) is 33.3 Å². The van der Waals surface area contributed by atoms with E-state index in [1.165, 1.54) is 167 Å². The maximum absolute atomic E-state index is 13.6. The summed E-state index contributed by atoms with van der Waals surface area (Å²) in [6.07, 6.45) is 79.8. The van der Waals surface area contributed by atoms with Gasteiger partial charge in [0.15, 0.2) is 0 Å². The molecule has 1 N–H and O–H groups in total. The normalized spacial score (nSPS) is 14.1. The van der Waals surface area contributed by atoms with Gasteiger partial charge < -0.3 is 28.5 Å². The summed E-state index contributed by atoms with van der Waals surface area (Å²) in [5.41, 5.74) is 0. The lowest BCUT2D eigenvalue weighted by molar-refractivity contribution is -0.870. The number of hydrogen-bond donors (Lipinski definition) is 1. The van der Waals surface area contributed by atoms with E-state index in [4.69, 9.17) is 13.8 Å². The highest BCUT2D eigenvalue weighted by atomic mass is 31.2. The Balaban J connectivity index is 5.12. The molecule has 0 radical (unpaired) electrons. The lowest BCUT2D eigenvalue weighted by Gasteiger charge is -2.30. The number of nitrogens with one attached hydrogen (secondary N) is 1. The fourth-order valence-electron chi connectivity index (χ4n) is 9.54. The Hall–Kier alpha value is -2.81. The van der Waals surface area contributed by atoms with Crippen molar-refractivity contribution < 1.29 is 37.3 Å². The molecule has 10 heteroatoms. The second kappa shape index (κ2) is 60.3. The Labute approximate surface area is 501 Å². The van der Waals surface area contributed by atoms with E-state index in [0.29, 0.717) is 17.4 Å². The van der Waals surface area contributed by atoms with Crippen LogP contribution in [0.5, 0.6) is 0 Å². The Bertz CT molecular complexity index is 1660. The molecule has 81 heavy (non-hydrogen) atoms. The molecule has 0 aromatic carbocycles. The van der Waals surface area contributed by atoms with E-state index in [1.54, 1.807) is 0 Å². The summed E-state index contributed by atoms with van der Waals surface area (Å²) >= 11 is 0. The third-order valence-electron chi connectivity index (χ3n) is 14.8. The summed E-state index contributed by atoms with van der Waals surface area (Å²) in [4.78, 5) is 40.1. The van der Waals surface area contributed by atoms with Crippen molar-refractivity contribution in [2.24, 2.45) is 0 Å². The van der Waals surface area contributed by atoms with Gasteiger partial charge in [-0.2, -0.15) is 0 Å². The first-order valence-corrected chi connectivity index (χ1v) is 35.4. The van der Waals surface area contributed by atoms with E-state index in [0.717, 1.165) is 103 Å². The van der Waals surface area contributed by atoms with Gasteiger partial charge in [-0.1, -0.05) is 267 Å². The quantitative estimate of drug-likeness (QED) is 0.0212. The van der Waals surface area contributed by atoms with Gasteiger partial charge in [0.05, 0.1) is 33.8 Å². The van der Waals surface area contributed by atoms with Crippen LogP contribution in [0.25, 0.3) is 0 Å². The van der Waals surface area contributed by atoms with Gasteiger partial charge in [-0.15, -0.1) is 0 Å². The molecule has 0 fully saturated rings. The molecule has 0 aromatic heterocycles. The molecule has 0 aliphatic heterocycles. The Morgan fingerprint density at radius 1 is 0.432 bits per heavy atom. The van der Waals surface area contributed by atoms with Gasteiger partial charge in [-0.3, -0.25) is 14.2 Å². The van der Waals surface area contributed by atoms with Crippen LogP contribution in [0.2, 0.25) is 0 Å². The summed E-state index contributed by atoms with van der Waals surface area (Å²) in [6.45, 7) is 6.79. The van der Waals surface area contributed by atoms with Crippen molar-refractivity contribution in [3.05, 3.63) is 85.1 Å². The highest BCUT2D eigenvalue weighted by Crippen LogP contribution is 2.38. The first-order chi connectivity index (χ1) is 39.4. The largest absolute Gasteiger partial charge is 0.756 e. The number of amides is 1. The number of nitrogens with zero attached hydrogens (tertiary/aromatic N) is 1. The first kappa shape index (κ1) is 78.2. The van der Waals surface area contributed by atoms with Gasteiger partial charge in [0, 0.05) is 12.8 Å². The SMILES string of the molecule is CCCCC/C=C\C/C=C\C/C=C\CCCCCCCCCCCCC(=O)OC(/C=C/CCCCCCCCCCC)C(COP(=O)([O-])OCC[N+](C)(C)C)NC(=O)CCCCCCCCCC/C=C\C/C=C\C/C=C\CCCCC. The van der Waals surface area contributed by atoms with Crippen molar-refractivity contribution in [1.29, 1.82) is 0 Å². The highest BCUT2D eigenvalue weighted by molar-refractivity contribution is 7.45. The summed E-state index contributed by atoms with van der Waals surface area (Å²) < 4.78 is 30.4. The molecule has 0 aromatic rings. The van der Waals surface area contributed by atoms with Crippen LogP contribution < -0.4 is 10.2 Å². The Kier molecular flexibility index (Phi) is 58.2. The average molecular weight is 1150 g/mol. The molecule has 0 heterocycles. The number of phosphoric ester groups is 1. The van der Waals surface area contributed by atoms with Gasteiger partial charge in [0.2, 0.25) is 5.91 Å². The number of unbranched alkanes of at least 4 members (excludes halogenated alkanes) is 33. The molecule has 3 unspecified atom stereocenters. The van der Waals surface area contributed by atoms with Gasteiger partial charge in [-0.25, -0.2) is 0 Å². The van der Waals surface area contributed by atoms with E-state index >= 15 is 0 Å². The highest BCUT2D eigenvalue weighted by Gasteiger charge is 2.27. The van der Waals surface area contributed by atoms with Crippen molar-refractivity contribution >= 4 is 19.7 Å². The molecular weight excluding hydrogens is 1020 g/mol. The third kappa shape index (κ3) is 61.6. The number of rotatable bonds is 61. The van der Waals surface area contributed by atoms with Gasteiger partial charge in [0.1, 0.15) is 19.3 Å². The summed E-state index contributed by atoms with van der Waals surface area (Å²) in [7, 11) is 1.17. The molecule has 470 valence electrons. The van der Waals surface area contributed by atoms with Crippen molar-refractivity contribution in [2.45, 2.75) is 315 Å². The predicted octanol–water partition coefficient (Wildman–Crippen LogP) is 20.7. The fourth-order valence-corrected chi connectivity index (χ4v) is 10.3. The van der Waals surface area contributed by atoms with Crippen molar-refractivity contribution in [3.8, 4) is 0 Å². The number of likely N-dealkylation sites (N-methyl/N-ethyl adjacent to an activating group) is 1. The predicted molar refractivity (Wildman–Crippen MR) is 348 cm³/mol. The fraction of sp³-hybridized carbons (Fsp3) is 0.775. The molecule has 0 bridgehead atoms. The number of carbonyl (C=O) groups is 2. The monoisotopic (exact) mass is 1150 g/mol. The average Bonchev–Trinajstić information content (AvgIpc) is 3.44. The number of carbonyl (C=O) groups excluding carboxylic acids is 2. The summed E-state index contributed by atoms with van der Waals surface area (Å²) in [6, 6.07) is -0.898. The molecule has 1 amide bonds. The maximum Gasteiger partial charge on any atom is 0.306 e. The lowest BCUT2D eigenvalue weighted by Crippen LogP contribution is -2.47. The minimum atomic E-state index is -4.71. The van der Waals surface area contributed by atoms with Crippen molar-refractivity contribution in [1.82, 2.24) is 5.32 Å². The van der Waals surface area contributed by atoms with Crippen molar-refractivity contribution in [2.75, 3.05) is 40.9 Å². The zero-order valence-electron chi connectivity index (χ0n) is 53.7. The zero-order chi connectivity index (χ0) is 59.3. The number of ether oxygens (including phenoxy) is 1. The van der Waals surface area contributed by atoms with Crippen LogP contribution in [-0.2, 0) is 27.9 Å². The Morgan fingerprint density at radius 3 is 1.15 bits per heavy atom. The topological polar surface area (TPSA) is 114 Å². The number of esters is 1. The number of hydrogen-bond acceptors (Lipinski definition) is 7. The Morgan fingerprint density at radius 2 is 0.753 bits per heavy atom. The molecule has 0 aliphatic carbocycles. The van der Waals surface area contributed by atoms with Gasteiger partial charge in [0.25, 0.3) is 7.82 Å². The van der Waals surface area contributed by atoms with E-state index < -0.39 is 26.6 Å². The van der Waals surface area contributed by atoms with E-state index in [9.17, 15) is 19.0 Å². The van der Waals surface area contributed by atoms with E-state index in [-0.39, 0.29) is 24.9 Å². The minimum absolute atomic E-state index is 0.0274. The molecule has 0 aliphatic rings. The van der Waals surface area contributed by atoms with Crippen LogP contribution in [0.4, 0.5) is 0 Å². The van der Waals surface area contributed by atoms with Crippen LogP contribution in [0.1, 0.15) is 303 Å². The van der Waals surface area contributed by atoms with Crippen LogP contribution in [0.15, 0.2) is 85.1 Å². The molecule has 0 saturated carbocycles. The van der Waals surface area contributed by atoms with Crippen molar-refractivity contribution in [3.63, 3.8) is 0 Å². The smallest absolute Gasteiger partial charge is 0.306 e. The molecule has 0 rings (SSSR count). The number of allylic oxidation sites excluding steroid dienone is 13. The summed E-state index contributed by atoms with van der Waals surface area (Å²) in [5.74, 6) is -0.551. The molecule has 0 saturated heterocycles. The maximum atomic E-state index is 13.6. The molecule has 0 spiro atoms. The van der Waals surface area contributed by atoms with Crippen LogP contribution >= 0.6 is 7.82 Å². The number of phosphoric acid groups is 1. The first-order valence-electron chi connectivity index (χ1n) is 33.9. The zero-order valence-corrected chi connectivity index (χ0v) is 54.6. The standard InChI is InChI=1S/C71H129N2O7P/c1-7-10-13-16-19-22-25-27-29-31-33-35-36-38-40-42-44-46-49-52-55-58-61-64-71(75)80-69(62-59-56-53-50-47-24-21-18-15-12-9-3)68(67-79-81(76,77)78-66-65-73(4,5)6)72-70(74)63-60-57-54-51-48-45-43-41-39-37-34-32-30-28-26-23-20-17-14-11-8-2/h19-20,22-23,27-30,33-35,37,59,62,68-69H,7-18,21,24-26,31-32,36,38-58,60-61,63-67H2,1-6H3,(H-,72,74,76,77)/b22-19-,23-20-,29-27-,30-28-,35-33-,37-34-,62-59+. The van der Waals surface area contributed by atoms with Gasteiger partial charge in [-0.05, 0) is 109 Å². The molecular formula is C71H129N2O7P. The third-order valence-corrected chi connectivity index (χ3v) is 15.8. The van der Waals surface area contributed by atoms with Crippen LogP contribution in [0, 0.1) is 0 Å². The minimum Gasteiger partial charge on any atom is -0.756 e. The lowest BCUT2D eigenvalue weighted by atomic mass is 10.0. The second-order valence-electron chi connectivity index (χ2n) is 24.0. The van der Waals surface area contributed by atoms with E-state index in [2.05, 4.69) is 99.0 Å². The molecule has 9 nitrogen and oxygen atoms in total.